The van der Waals surface area contributed by atoms with E-state index in [-0.39, 0.29) is 5.72 Å². The summed E-state index contributed by atoms with van der Waals surface area (Å²) in [5.74, 6) is 1.39. The number of ether oxygens (including phenoxy) is 1. The second kappa shape index (κ2) is 7.51. The summed E-state index contributed by atoms with van der Waals surface area (Å²) in [6.07, 6.45) is 5.54. The molecule has 1 saturated carbocycles. The van der Waals surface area contributed by atoms with Gasteiger partial charge < -0.3 is 4.74 Å². The van der Waals surface area contributed by atoms with E-state index in [1.54, 1.807) is 0 Å². The third-order valence-corrected chi connectivity index (χ3v) is 4.80. The predicted octanol–water partition coefficient (Wildman–Crippen LogP) is 4.29. The second-order valence-electron chi connectivity index (χ2n) is 6.49. The van der Waals surface area contributed by atoms with Crippen LogP contribution in [0.15, 0.2) is 54.6 Å². The fourth-order valence-electron chi connectivity index (χ4n) is 3.28. The van der Waals surface area contributed by atoms with Crippen molar-refractivity contribution in [1.82, 2.24) is 5.32 Å². The molecule has 2 aromatic rings. The van der Waals surface area contributed by atoms with Gasteiger partial charge in [0.15, 0.2) is 5.72 Å². The maximum Gasteiger partial charge on any atom is 0.163 e. The van der Waals surface area contributed by atoms with E-state index in [4.69, 9.17) is 10.00 Å². The molecule has 0 amide bonds. The SMILES string of the molecule is CNC(CCCc1ccccc1)(Oc1ccc(C#N)cc1)C1CC1. The average Bonchev–Trinajstić information content (AvgIpc) is 3.48. The van der Waals surface area contributed by atoms with Crippen LogP contribution >= 0.6 is 0 Å². The summed E-state index contributed by atoms with van der Waals surface area (Å²) in [5, 5.41) is 12.4. The molecule has 24 heavy (non-hydrogen) atoms. The summed E-state index contributed by atoms with van der Waals surface area (Å²) < 4.78 is 6.39. The van der Waals surface area contributed by atoms with Crippen LogP contribution in [0.4, 0.5) is 0 Å². The second-order valence-corrected chi connectivity index (χ2v) is 6.49. The zero-order valence-corrected chi connectivity index (χ0v) is 14.2. The number of hydrogen-bond acceptors (Lipinski definition) is 3. The van der Waals surface area contributed by atoms with E-state index >= 15 is 0 Å². The van der Waals surface area contributed by atoms with Crippen LogP contribution < -0.4 is 10.1 Å². The lowest BCUT2D eigenvalue weighted by molar-refractivity contribution is 0.00753. The molecule has 0 heterocycles. The topological polar surface area (TPSA) is 45.0 Å². The van der Waals surface area contributed by atoms with Gasteiger partial charge in [-0.25, -0.2) is 0 Å². The van der Waals surface area contributed by atoms with Crippen LogP contribution in [-0.4, -0.2) is 12.8 Å². The highest BCUT2D eigenvalue weighted by Gasteiger charge is 2.46. The van der Waals surface area contributed by atoms with Gasteiger partial charge in [-0.3, -0.25) is 5.32 Å². The summed E-state index contributed by atoms with van der Waals surface area (Å²) in [6, 6.07) is 20.2. The van der Waals surface area contributed by atoms with Gasteiger partial charge in [0.1, 0.15) is 5.75 Å². The van der Waals surface area contributed by atoms with Gasteiger partial charge in [0.05, 0.1) is 11.6 Å². The van der Waals surface area contributed by atoms with Crippen molar-refractivity contribution >= 4 is 0 Å². The molecule has 1 aliphatic rings. The highest BCUT2D eigenvalue weighted by molar-refractivity contribution is 5.35. The molecule has 124 valence electrons. The summed E-state index contributed by atoms with van der Waals surface area (Å²) in [6.45, 7) is 0. The van der Waals surface area contributed by atoms with E-state index < -0.39 is 0 Å². The predicted molar refractivity (Wildman–Crippen MR) is 95.7 cm³/mol. The summed E-state index contributed by atoms with van der Waals surface area (Å²) >= 11 is 0. The van der Waals surface area contributed by atoms with E-state index in [9.17, 15) is 0 Å². The molecule has 2 aromatic carbocycles. The molecular formula is C21H24N2O. The molecule has 0 saturated heterocycles. The third kappa shape index (κ3) is 3.96. The van der Waals surface area contributed by atoms with Gasteiger partial charge in [-0.05, 0) is 62.6 Å². The first-order valence-electron chi connectivity index (χ1n) is 8.68. The normalized spacial score (nSPS) is 16.2. The minimum Gasteiger partial charge on any atom is -0.473 e. The average molecular weight is 320 g/mol. The van der Waals surface area contributed by atoms with Crippen LogP contribution in [-0.2, 0) is 6.42 Å². The van der Waals surface area contributed by atoms with Crippen molar-refractivity contribution in [1.29, 1.82) is 5.26 Å². The Morgan fingerprint density at radius 2 is 1.83 bits per heavy atom. The maximum absolute atomic E-state index is 8.93. The maximum atomic E-state index is 8.93. The Hall–Kier alpha value is -2.31. The first-order chi connectivity index (χ1) is 11.8. The molecule has 1 unspecified atom stereocenters. The standard InChI is InChI=1S/C21H24N2O/c1-23-21(19-11-12-19,15-5-8-17-6-3-2-4-7-17)24-20-13-9-18(16-22)10-14-20/h2-4,6-7,9-10,13-14,19,23H,5,8,11-12,15H2,1H3. The number of nitriles is 1. The molecule has 1 N–H and O–H groups in total. The Kier molecular flexibility index (Phi) is 5.17. The smallest absolute Gasteiger partial charge is 0.163 e. The highest BCUT2D eigenvalue weighted by Crippen LogP contribution is 2.43. The van der Waals surface area contributed by atoms with Gasteiger partial charge in [0.2, 0.25) is 0 Å². The number of nitrogens with one attached hydrogen (secondary N) is 1. The van der Waals surface area contributed by atoms with Crippen molar-refractivity contribution in [3.05, 3.63) is 65.7 Å². The molecule has 1 atom stereocenters. The Bertz CT molecular complexity index is 686. The number of benzene rings is 2. The fraction of sp³-hybridized carbons (Fsp3) is 0.381. The van der Waals surface area contributed by atoms with Gasteiger partial charge in [-0.2, -0.15) is 5.26 Å². The van der Waals surface area contributed by atoms with Crippen LogP contribution in [0.5, 0.6) is 5.75 Å². The van der Waals surface area contributed by atoms with Gasteiger partial charge >= 0.3 is 0 Å². The van der Waals surface area contributed by atoms with Crippen molar-refractivity contribution in [3.8, 4) is 11.8 Å². The molecule has 0 spiro atoms. The van der Waals surface area contributed by atoms with Crippen LogP contribution in [0.3, 0.4) is 0 Å². The zero-order valence-electron chi connectivity index (χ0n) is 14.2. The molecule has 0 aliphatic heterocycles. The van der Waals surface area contributed by atoms with E-state index in [2.05, 4.69) is 41.7 Å². The number of aryl methyl sites for hydroxylation is 1. The molecule has 0 radical (unpaired) electrons. The van der Waals surface area contributed by atoms with Gasteiger partial charge in [0, 0.05) is 12.3 Å². The Balaban J connectivity index is 1.66. The van der Waals surface area contributed by atoms with Gasteiger partial charge in [0.25, 0.3) is 0 Å². The van der Waals surface area contributed by atoms with Crippen molar-refractivity contribution < 1.29 is 4.74 Å². The monoisotopic (exact) mass is 320 g/mol. The lowest BCUT2D eigenvalue weighted by Gasteiger charge is -2.35. The van der Waals surface area contributed by atoms with Crippen LogP contribution in [0.2, 0.25) is 0 Å². The van der Waals surface area contributed by atoms with E-state index in [0.717, 1.165) is 25.0 Å². The molecule has 3 rings (SSSR count). The first-order valence-corrected chi connectivity index (χ1v) is 8.68. The zero-order chi connectivity index (χ0) is 16.8. The minimum absolute atomic E-state index is 0.303. The molecule has 0 aromatic heterocycles. The van der Waals surface area contributed by atoms with Crippen LogP contribution in [0, 0.1) is 17.2 Å². The number of hydrogen-bond donors (Lipinski definition) is 1. The molecular weight excluding hydrogens is 296 g/mol. The highest BCUT2D eigenvalue weighted by atomic mass is 16.5. The van der Waals surface area contributed by atoms with E-state index in [1.807, 2.05) is 31.3 Å². The fourth-order valence-corrected chi connectivity index (χ4v) is 3.28. The van der Waals surface area contributed by atoms with Crippen molar-refractivity contribution in [2.45, 2.75) is 37.8 Å². The lowest BCUT2D eigenvalue weighted by Crippen LogP contribution is -2.50. The van der Waals surface area contributed by atoms with Gasteiger partial charge in [-0.1, -0.05) is 30.3 Å². The third-order valence-electron chi connectivity index (χ3n) is 4.80. The van der Waals surface area contributed by atoms with Crippen molar-refractivity contribution in [2.75, 3.05) is 7.05 Å². The largest absolute Gasteiger partial charge is 0.473 e. The Morgan fingerprint density at radius 1 is 1.12 bits per heavy atom. The summed E-state index contributed by atoms with van der Waals surface area (Å²) in [5.41, 5.74) is 1.73. The molecule has 1 fully saturated rings. The lowest BCUT2D eigenvalue weighted by atomic mass is 9.98. The Labute approximate surface area is 144 Å². The Morgan fingerprint density at radius 3 is 2.42 bits per heavy atom. The quantitative estimate of drug-likeness (QED) is 0.738. The van der Waals surface area contributed by atoms with Crippen molar-refractivity contribution in [3.63, 3.8) is 0 Å². The first kappa shape index (κ1) is 16.5. The van der Waals surface area contributed by atoms with E-state index in [0.29, 0.717) is 11.5 Å². The van der Waals surface area contributed by atoms with Gasteiger partial charge in [-0.15, -0.1) is 0 Å². The van der Waals surface area contributed by atoms with Crippen LogP contribution in [0.25, 0.3) is 0 Å². The van der Waals surface area contributed by atoms with Crippen LogP contribution in [0.1, 0.15) is 36.8 Å². The van der Waals surface area contributed by atoms with Crippen molar-refractivity contribution in [2.24, 2.45) is 5.92 Å². The molecule has 0 bridgehead atoms. The summed E-state index contributed by atoms with van der Waals surface area (Å²) in [4.78, 5) is 0. The molecule has 3 nitrogen and oxygen atoms in total. The van der Waals surface area contributed by atoms with E-state index in [1.165, 1.54) is 18.4 Å². The molecule has 3 heteroatoms. The number of rotatable bonds is 8. The number of nitrogens with zero attached hydrogens (tertiary/aromatic N) is 1. The summed E-state index contributed by atoms with van der Waals surface area (Å²) in [7, 11) is 1.99. The molecule has 1 aliphatic carbocycles. The minimum atomic E-state index is -0.303.